The van der Waals surface area contributed by atoms with Crippen molar-refractivity contribution in [2.45, 2.75) is 6.61 Å². The van der Waals surface area contributed by atoms with E-state index in [1.54, 1.807) is 0 Å². The van der Waals surface area contributed by atoms with Crippen molar-refractivity contribution in [2.75, 3.05) is 0 Å². The molecule has 4 nitrogen and oxygen atoms in total. The summed E-state index contributed by atoms with van der Waals surface area (Å²) >= 11 is 0. The molecule has 48 valence electrons. The minimum atomic E-state index is -0.194. The molecule has 0 aromatic carbocycles. The average Bonchev–Trinajstić information content (AvgIpc) is 1.90. The van der Waals surface area contributed by atoms with Crippen LogP contribution in [0.5, 0.6) is 5.75 Å². The molecular formula is C5H6N2O2. The lowest BCUT2D eigenvalue weighted by atomic mass is 10.5. The summed E-state index contributed by atoms with van der Waals surface area (Å²) in [7, 11) is 0. The van der Waals surface area contributed by atoms with Crippen molar-refractivity contribution in [3.63, 3.8) is 0 Å². The molecule has 0 aliphatic rings. The number of aliphatic hydroxyl groups excluding tert-OH is 1. The highest BCUT2D eigenvalue weighted by Crippen LogP contribution is 2.00. The largest absolute Gasteiger partial charge is 0.505 e. The fourth-order valence-electron chi connectivity index (χ4n) is 0.430. The maximum Gasteiger partial charge on any atom is 0.153 e. The molecule has 0 saturated carbocycles. The monoisotopic (exact) mass is 126 g/mol. The Morgan fingerprint density at radius 2 is 1.89 bits per heavy atom. The van der Waals surface area contributed by atoms with Gasteiger partial charge in [-0.05, 0) is 0 Å². The van der Waals surface area contributed by atoms with Gasteiger partial charge in [-0.3, -0.25) is 0 Å². The van der Waals surface area contributed by atoms with Gasteiger partial charge in [-0.25, -0.2) is 9.97 Å². The molecule has 9 heavy (non-hydrogen) atoms. The van der Waals surface area contributed by atoms with E-state index in [1.807, 2.05) is 0 Å². The van der Waals surface area contributed by atoms with Gasteiger partial charge in [0.25, 0.3) is 0 Å². The summed E-state index contributed by atoms with van der Waals surface area (Å²) in [4.78, 5) is 7.17. The molecule has 1 aromatic rings. The number of aromatic hydroxyl groups is 1. The molecule has 0 spiro atoms. The minimum Gasteiger partial charge on any atom is -0.505 e. The van der Waals surface area contributed by atoms with Crippen LogP contribution in [0, 0.1) is 0 Å². The second kappa shape index (κ2) is 2.41. The highest BCUT2D eigenvalue weighted by Gasteiger charge is 1.90. The van der Waals surface area contributed by atoms with Gasteiger partial charge in [0, 0.05) is 0 Å². The van der Waals surface area contributed by atoms with Crippen molar-refractivity contribution in [1.82, 2.24) is 9.97 Å². The molecule has 0 aliphatic heterocycles. The molecule has 1 heterocycles. The zero-order chi connectivity index (χ0) is 6.69. The first kappa shape index (κ1) is 5.97. The van der Waals surface area contributed by atoms with Crippen molar-refractivity contribution in [3.8, 4) is 5.75 Å². The van der Waals surface area contributed by atoms with Crippen LogP contribution in [0.15, 0.2) is 12.4 Å². The van der Waals surface area contributed by atoms with Crippen molar-refractivity contribution in [3.05, 3.63) is 18.2 Å². The molecule has 0 unspecified atom stereocenters. The summed E-state index contributed by atoms with van der Waals surface area (Å²) < 4.78 is 0. The normalized spacial score (nSPS) is 9.44. The standard InChI is InChI=1S/C5H6N2O2/c8-3-5-6-1-4(9)2-7-5/h1-2,8-9H,3H2. The fraction of sp³-hybridized carbons (Fsp3) is 0.200. The molecule has 0 radical (unpaired) electrons. The maximum atomic E-state index is 8.65. The van der Waals surface area contributed by atoms with Crippen molar-refractivity contribution in [1.29, 1.82) is 0 Å². The summed E-state index contributed by atoms with van der Waals surface area (Å²) in [6.07, 6.45) is 2.47. The van der Waals surface area contributed by atoms with Gasteiger partial charge in [0.2, 0.25) is 0 Å². The van der Waals surface area contributed by atoms with E-state index >= 15 is 0 Å². The lowest BCUT2D eigenvalue weighted by molar-refractivity contribution is 0.270. The van der Waals surface area contributed by atoms with Crippen LogP contribution in [0.2, 0.25) is 0 Å². The Hall–Kier alpha value is -1.16. The molecule has 0 amide bonds. The predicted octanol–water partition coefficient (Wildman–Crippen LogP) is -0.326. The van der Waals surface area contributed by atoms with E-state index in [4.69, 9.17) is 10.2 Å². The highest BCUT2D eigenvalue weighted by molar-refractivity contribution is 5.08. The Kier molecular flexibility index (Phi) is 1.60. The summed E-state index contributed by atoms with van der Waals surface area (Å²) in [5.41, 5.74) is 0. The molecule has 1 rings (SSSR count). The van der Waals surface area contributed by atoms with Crippen molar-refractivity contribution >= 4 is 0 Å². The predicted molar refractivity (Wildman–Crippen MR) is 29.6 cm³/mol. The summed E-state index contributed by atoms with van der Waals surface area (Å²) in [6.45, 7) is -0.194. The minimum absolute atomic E-state index is 0.00667. The highest BCUT2D eigenvalue weighted by atomic mass is 16.3. The third-order valence-electron chi connectivity index (χ3n) is 0.833. The van der Waals surface area contributed by atoms with E-state index in [0.717, 1.165) is 0 Å². The van der Waals surface area contributed by atoms with Gasteiger partial charge < -0.3 is 10.2 Å². The zero-order valence-corrected chi connectivity index (χ0v) is 4.65. The SMILES string of the molecule is OCc1ncc(O)cn1. The van der Waals surface area contributed by atoms with Crippen LogP contribution >= 0.6 is 0 Å². The average molecular weight is 126 g/mol. The van der Waals surface area contributed by atoms with Gasteiger partial charge in [-0.2, -0.15) is 0 Å². The molecule has 1 aromatic heterocycles. The number of rotatable bonds is 1. The fourth-order valence-corrected chi connectivity index (χ4v) is 0.430. The number of nitrogens with zero attached hydrogens (tertiary/aromatic N) is 2. The molecule has 0 aliphatic carbocycles. The maximum absolute atomic E-state index is 8.65. The number of aromatic nitrogens is 2. The second-order valence-electron chi connectivity index (χ2n) is 1.52. The summed E-state index contributed by atoms with van der Waals surface area (Å²) in [5.74, 6) is 0.319. The molecular weight excluding hydrogens is 120 g/mol. The van der Waals surface area contributed by atoms with E-state index < -0.39 is 0 Å². The van der Waals surface area contributed by atoms with E-state index in [2.05, 4.69) is 9.97 Å². The number of aliphatic hydroxyl groups is 1. The summed E-state index contributed by atoms with van der Waals surface area (Å²) in [5, 5.41) is 17.1. The van der Waals surface area contributed by atoms with E-state index in [1.165, 1.54) is 12.4 Å². The molecule has 4 heteroatoms. The lowest BCUT2D eigenvalue weighted by Crippen LogP contribution is -1.90. The third kappa shape index (κ3) is 1.36. The van der Waals surface area contributed by atoms with E-state index in [9.17, 15) is 0 Å². The van der Waals surface area contributed by atoms with Crippen LogP contribution in [0.1, 0.15) is 5.82 Å². The molecule has 0 fully saturated rings. The van der Waals surface area contributed by atoms with Crippen LogP contribution in [0.3, 0.4) is 0 Å². The lowest BCUT2D eigenvalue weighted by Gasteiger charge is -1.91. The van der Waals surface area contributed by atoms with E-state index in [-0.39, 0.29) is 12.4 Å². The molecule has 0 bridgehead atoms. The van der Waals surface area contributed by atoms with Gasteiger partial charge in [-0.15, -0.1) is 0 Å². The Morgan fingerprint density at radius 1 is 1.33 bits per heavy atom. The van der Waals surface area contributed by atoms with Crippen LogP contribution in [0.4, 0.5) is 0 Å². The van der Waals surface area contributed by atoms with Crippen LogP contribution < -0.4 is 0 Å². The Bertz CT molecular complexity index is 185. The van der Waals surface area contributed by atoms with E-state index in [0.29, 0.717) is 5.82 Å². The van der Waals surface area contributed by atoms with Crippen molar-refractivity contribution < 1.29 is 10.2 Å². The molecule has 0 saturated heterocycles. The van der Waals surface area contributed by atoms with Gasteiger partial charge >= 0.3 is 0 Å². The second-order valence-corrected chi connectivity index (χ2v) is 1.52. The number of hydrogen-bond donors (Lipinski definition) is 2. The zero-order valence-electron chi connectivity index (χ0n) is 4.65. The molecule has 0 atom stereocenters. The first-order chi connectivity index (χ1) is 4.33. The van der Waals surface area contributed by atoms with Crippen LogP contribution in [-0.2, 0) is 6.61 Å². The van der Waals surface area contributed by atoms with Crippen LogP contribution in [-0.4, -0.2) is 20.2 Å². The van der Waals surface area contributed by atoms with Gasteiger partial charge in [0.1, 0.15) is 6.61 Å². The first-order valence-corrected chi connectivity index (χ1v) is 2.43. The quantitative estimate of drug-likeness (QED) is 0.541. The van der Waals surface area contributed by atoms with Crippen LogP contribution in [0.25, 0.3) is 0 Å². The van der Waals surface area contributed by atoms with Gasteiger partial charge in [0.05, 0.1) is 12.4 Å². The topological polar surface area (TPSA) is 66.2 Å². The first-order valence-electron chi connectivity index (χ1n) is 2.43. The Balaban J connectivity index is 2.88. The van der Waals surface area contributed by atoms with Crippen molar-refractivity contribution in [2.24, 2.45) is 0 Å². The Morgan fingerprint density at radius 3 is 2.33 bits per heavy atom. The van der Waals surface area contributed by atoms with Gasteiger partial charge in [-0.1, -0.05) is 0 Å². The van der Waals surface area contributed by atoms with Gasteiger partial charge in [0.15, 0.2) is 11.6 Å². The third-order valence-corrected chi connectivity index (χ3v) is 0.833. The Labute approximate surface area is 51.8 Å². The summed E-state index contributed by atoms with van der Waals surface area (Å²) in [6, 6.07) is 0. The number of hydrogen-bond acceptors (Lipinski definition) is 4. The smallest absolute Gasteiger partial charge is 0.153 e. The molecule has 2 N–H and O–H groups in total.